The van der Waals surface area contributed by atoms with E-state index in [4.69, 9.17) is 0 Å². The van der Waals surface area contributed by atoms with Gasteiger partial charge in [-0.3, -0.25) is 0 Å². The van der Waals surface area contributed by atoms with Gasteiger partial charge in [0.1, 0.15) is 0 Å². The minimum absolute atomic E-state index is 0.597. The first-order valence-electron chi connectivity index (χ1n) is 12.1. The van der Waals surface area contributed by atoms with Crippen LogP contribution in [-0.2, 0) is 20.1 Å². The summed E-state index contributed by atoms with van der Waals surface area (Å²) in [6.45, 7) is 16.6. The van der Waals surface area contributed by atoms with Crippen molar-refractivity contribution in [3.8, 4) is 0 Å². The quantitative estimate of drug-likeness (QED) is 0.235. The zero-order chi connectivity index (χ0) is 22.3. The van der Waals surface area contributed by atoms with Gasteiger partial charge in [-0.25, -0.2) is 0 Å². The zero-order valence-corrected chi connectivity index (χ0v) is 25.3. The average Bonchev–Trinajstić information content (AvgIpc) is 3.27. The molecule has 0 N–H and O–H groups in total. The fourth-order valence-corrected chi connectivity index (χ4v) is 35.8. The first kappa shape index (κ1) is 23.2. The van der Waals surface area contributed by atoms with Crippen LogP contribution in [0.4, 0.5) is 0 Å². The molecule has 2 aromatic carbocycles. The van der Waals surface area contributed by atoms with E-state index in [1.807, 2.05) is 0 Å². The molecule has 4 rings (SSSR count). The first-order chi connectivity index (χ1) is 14.8. The molecule has 0 fully saturated rings. The van der Waals surface area contributed by atoms with Crippen molar-refractivity contribution in [3.63, 3.8) is 0 Å². The van der Waals surface area contributed by atoms with E-state index >= 15 is 0 Å². The summed E-state index contributed by atoms with van der Waals surface area (Å²) >= 11 is -2.10. The Balaban J connectivity index is 1.89. The minimum atomic E-state index is -2.10. The van der Waals surface area contributed by atoms with Crippen molar-refractivity contribution in [1.82, 2.24) is 0 Å². The molecule has 31 heavy (non-hydrogen) atoms. The molecule has 0 radical (unpaired) electrons. The van der Waals surface area contributed by atoms with Crippen molar-refractivity contribution >= 4 is 18.4 Å². The molecule has 0 bridgehead atoms. The third-order valence-electron chi connectivity index (χ3n) is 7.53. The molecule has 0 heterocycles. The Bertz CT molecular complexity index is 1030. The Morgan fingerprint density at radius 3 is 1.58 bits per heavy atom. The van der Waals surface area contributed by atoms with E-state index in [0.717, 1.165) is 7.35 Å². The summed E-state index contributed by atoms with van der Waals surface area (Å²) in [5.74, 6) is 0. The molecule has 0 saturated carbocycles. The van der Waals surface area contributed by atoms with E-state index in [2.05, 4.69) is 84.9 Å². The van der Waals surface area contributed by atoms with E-state index in [1.54, 1.807) is 33.4 Å². The summed E-state index contributed by atoms with van der Waals surface area (Å²) < 4.78 is 1.58. The summed E-state index contributed by atoms with van der Waals surface area (Å²) in [7, 11) is 0. The van der Waals surface area contributed by atoms with Crippen LogP contribution in [0.5, 0.6) is 0 Å². The normalized spacial score (nSPS) is 19.1. The van der Waals surface area contributed by atoms with E-state index in [1.165, 1.54) is 47.6 Å². The van der Waals surface area contributed by atoms with Gasteiger partial charge in [-0.2, -0.15) is 0 Å². The summed E-state index contributed by atoms with van der Waals surface area (Å²) in [6.07, 6.45) is 9.93. The molecular formula is C29H38HfSi. The van der Waals surface area contributed by atoms with Crippen LogP contribution in [0, 0.1) is 27.7 Å². The molecule has 0 spiro atoms. The van der Waals surface area contributed by atoms with Crippen LogP contribution in [0.3, 0.4) is 0 Å². The van der Waals surface area contributed by atoms with Crippen molar-refractivity contribution in [2.75, 3.05) is 0 Å². The van der Waals surface area contributed by atoms with Crippen molar-refractivity contribution in [2.24, 2.45) is 0 Å². The number of allylic oxidation sites excluding steroid dienone is 2. The van der Waals surface area contributed by atoms with Crippen molar-refractivity contribution in [2.45, 2.75) is 81.1 Å². The van der Waals surface area contributed by atoms with Gasteiger partial charge in [0.2, 0.25) is 0 Å². The first-order valence-corrected chi connectivity index (χ1v) is 23.9. The summed E-state index contributed by atoms with van der Waals surface area (Å²) in [4.78, 5) is 0. The summed E-state index contributed by atoms with van der Waals surface area (Å²) in [5, 5.41) is 0. The summed E-state index contributed by atoms with van der Waals surface area (Å²) in [5.41, 5.74) is 16.0. The maximum absolute atomic E-state index is 2.57. The topological polar surface area (TPSA) is 0 Å². The molecule has 0 aliphatic heterocycles. The number of aryl methyl sites for hydroxylation is 4. The van der Waals surface area contributed by atoms with Crippen LogP contribution in [0.25, 0.3) is 12.2 Å². The predicted molar refractivity (Wildman–Crippen MR) is 136 cm³/mol. The molecule has 0 amide bonds. The molecule has 0 saturated heterocycles. The van der Waals surface area contributed by atoms with Gasteiger partial charge in [0.25, 0.3) is 0 Å². The van der Waals surface area contributed by atoms with Crippen LogP contribution in [0.15, 0.2) is 35.4 Å². The van der Waals surface area contributed by atoms with Gasteiger partial charge >= 0.3 is 199 Å². The number of rotatable bonds is 6. The van der Waals surface area contributed by atoms with Crippen LogP contribution < -0.4 is 0 Å². The van der Waals surface area contributed by atoms with Gasteiger partial charge in [0.15, 0.2) is 0 Å². The van der Waals surface area contributed by atoms with Crippen LogP contribution in [0.2, 0.25) is 6.04 Å². The second-order valence-electron chi connectivity index (χ2n) is 9.90. The molecule has 2 unspecified atom stereocenters. The molecule has 2 aliphatic rings. The molecular weight excluding hydrogens is 555 g/mol. The second-order valence-corrected chi connectivity index (χ2v) is 28.5. The van der Waals surface area contributed by atoms with Crippen molar-refractivity contribution in [1.29, 1.82) is 0 Å². The molecule has 2 atom stereocenters. The Morgan fingerprint density at radius 2 is 1.13 bits per heavy atom. The monoisotopic (exact) mass is 594 g/mol. The van der Waals surface area contributed by atoms with E-state index in [9.17, 15) is 0 Å². The van der Waals surface area contributed by atoms with Gasteiger partial charge in [0.05, 0.1) is 0 Å². The van der Waals surface area contributed by atoms with Crippen LogP contribution >= 0.6 is 0 Å². The SMILES string of the molecule is CCCCC[SiH]=[Hf]([CH]1C(C)=Cc2c(C)ccc(C)c21)[CH]1C(C)=Cc2c(C)ccc(C)c21. The molecule has 0 aromatic heterocycles. The Labute approximate surface area is 198 Å². The van der Waals surface area contributed by atoms with E-state index in [0.29, 0.717) is 6.22 Å². The van der Waals surface area contributed by atoms with Gasteiger partial charge in [0, 0.05) is 0 Å². The van der Waals surface area contributed by atoms with Crippen molar-refractivity contribution in [3.05, 3.63) is 79.9 Å². The van der Waals surface area contributed by atoms with Gasteiger partial charge in [-0.1, -0.05) is 0 Å². The standard InChI is InChI=1S/2C12H13.C5H12Si.Hf/c2*1-8-6-11-9(2)4-5-10(3)12(11)7-8;1-2-3-4-5-6;/h2*4-7H,1-3H3;6H,2-5H2,1H3;. The number of unbranched alkanes of at least 4 members (excludes halogenated alkanes) is 2. The molecule has 2 aliphatic carbocycles. The number of hydrogen-bond acceptors (Lipinski definition) is 0. The fourth-order valence-electron chi connectivity index (χ4n) is 5.86. The predicted octanol–water partition coefficient (Wildman–Crippen LogP) is 8.11. The number of fused-ring (bicyclic) bond motifs is 2. The zero-order valence-electron chi connectivity index (χ0n) is 20.5. The van der Waals surface area contributed by atoms with E-state index in [-0.39, 0.29) is 0 Å². The number of hydrogen-bond donors (Lipinski definition) is 0. The molecule has 2 heteroatoms. The Kier molecular flexibility index (Phi) is 7.08. The van der Waals surface area contributed by atoms with Gasteiger partial charge < -0.3 is 0 Å². The molecule has 0 nitrogen and oxygen atoms in total. The van der Waals surface area contributed by atoms with Crippen molar-refractivity contribution < 1.29 is 20.1 Å². The average molecular weight is 593 g/mol. The maximum atomic E-state index is 2.57. The fraction of sp³-hybridized carbons (Fsp3) is 0.448. The molecule has 2 aromatic rings. The van der Waals surface area contributed by atoms with Gasteiger partial charge in [-0.15, -0.1) is 0 Å². The Morgan fingerprint density at radius 1 is 0.677 bits per heavy atom. The third kappa shape index (κ3) is 4.20. The van der Waals surface area contributed by atoms with Gasteiger partial charge in [-0.05, 0) is 0 Å². The summed E-state index contributed by atoms with van der Waals surface area (Å²) in [6, 6.07) is 11.0. The van der Waals surface area contributed by atoms with Crippen LogP contribution in [0.1, 0.15) is 91.9 Å². The van der Waals surface area contributed by atoms with E-state index < -0.39 is 20.1 Å². The second kappa shape index (κ2) is 9.47. The molecule has 162 valence electrons. The van der Waals surface area contributed by atoms with Crippen LogP contribution in [-0.4, -0.2) is 6.22 Å². The third-order valence-corrected chi connectivity index (χ3v) is 32.5. The Hall–Kier alpha value is -0.993. The number of benzene rings is 2.